The second kappa shape index (κ2) is 7.79. The van der Waals surface area contributed by atoms with E-state index in [0.717, 1.165) is 0 Å². The van der Waals surface area contributed by atoms with E-state index in [9.17, 15) is 0 Å². The molecule has 4 N–H and O–H groups in total. The Labute approximate surface area is 169 Å². The number of nitrogen functional groups attached to an aromatic ring is 1. The van der Waals surface area contributed by atoms with Crippen LogP contribution in [0.5, 0.6) is 0 Å². The van der Waals surface area contributed by atoms with Crippen molar-refractivity contribution in [3.63, 3.8) is 0 Å². The number of hydrogen-bond acceptors (Lipinski definition) is 7. The van der Waals surface area contributed by atoms with Crippen LogP contribution in [0.25, 0.3) is 0 Å². The summed E-state index contributed by atoms with van der Waals surface area (Å²) in [7, 11) is 5.21. The third-order valence-corrected chi connectivity index (χ3v) is 5.56. The van der Waals surface area contributed by atoms with Gasteiger partial charge >= 0.3 is 7.12 Å². The summed E-state index contributed by atoms with van der Waals surface area (Å²) in [6, 6.07) is 3.50. The fourth-order valence-electron chi connectivity index (χ4n) is 1.90. The fourth-order valence-corrected chi connectivity index (χ4v) is 2.11. The van der Waals surface area contributed by atoms with Crippen LogP contribution < -0.4 is 16.7 Å². The Morgan fingerprint density at radius 3 is 1.78 bits per heavy atom. The summed E-state index contributed by atoms with van der Waals surface area (Å²) in [4.78, 5) is 0. The number of nitrogens with two attached hydrogens (primary N) is 1. The molecular formula is C18H30B2N2O4S. The highest BCUT2D eigenvalue weighted by molar-refractivity contribution is 7.47. The van der Waals surface area contributed by atoms with Crippen LogP contribution in [-0.2, 0) is 21.7 Å². The molecule has 6 nitrogen and oxygen atoms in total. The molecule has 0 spiro atoms. The third kappa shape index (κ3) is 5.29. The molecule has 1 heterocycles. The van der Waals surface area contributed by atoms with Gasteiger partial charge in [0.1, 0.15) is 7.85 Å². The van der Waals surface area contributed by atoms with Gasteiger partial charge < -0.3 is 25.3 Å². The number of rotatable bonds is 3. The van der Waals surface area contributed by atoms with Gasteiger partial charge in [-0.2, -0.15) is 4.36 Å². The molecule has 27 heavy (non-hydrogen) atoms. The van der Waals surface area contributed by atoms with Gasteiger partial charge in [-0.1, -0.05) is 17.6 Å². The molecule has 9 heteroatoms. The molecule has 0 atom stereocenters. The van der Waals surface area contributed by atoms with Crippen molar-refractivity contribution in [1.29, 1.82) is 0 Å². The molecular weight excluding hydrogens is 362 g/mol. The SMILES string of the molecule is CC(C)(O)C(C)(C)O.[B]c1ccc(B2OC(C)(C)C(C)(C)O2)c(N=S)c1N. The molecule has 2 radical (unpaired) electrons. The summed E-state index contributed by atoms with van der Waals surface area (Å²) in [5.41, 5.74) is 5.01. The zero-order chi connectivity index (χ0) is 21.4. The minimum atomic E-state index is -1.01. The zero-order valence-corrected chi connectivity index (χ0v) is 18.3. The molecule has 0 unspecified atom stereocenters. The average molecular weight is 392 g/mol. The second-order valence-corrected chi connectivity index (χ2v) is 8.99. The maximum atomic E-state index is 9.10. The van der Waals surface area contributed by atoms with Gasteiger partial charge in [-0.05, 0) is 55.4 Å². The van der Waals surface area contributed by atoms with Gasteiger partial charge in [0.05, 0.1) is 33.8 Å². The first-order chi connectivity index (χ1) is 11.9. The van der Waals surface area contributed by atoms with Gasteiger partial charge in [0.15, 0.2) is 0 Å². The van der Waals surface area contributed by atoms with Crippen molar-refractivity contribution in [1.82, 2.24) is 0 Å². The lowest BCUT2D eigenvalue weighted by molar-refractivity contribution is -0.107. The number of benzene rings is 1. The van der Waals surface area contributed by atoms with E-state index in [0.29, 0.717) is 22.3 Å². The van der Waals surface area contributed by atoms with Crippen LogP contribution in [-0.4, -0.2) is 47.6 Å². The molecule has 1 aliphatic heterocycles. The summed E-state index contributed by atoms with van der Waals surface area (Å²) in [6.45, 7) is 14.2. The quantitative estimate of drug-likeness (QED) is 0.530. The number of anilines is 1. The molecule has 0 amide bonds. The molecule has 0 saturated carbocycles. The van der Waals surface area contributed by atoms with Crippen LogP contribution in [0.3, 0.4) is 0 Å². The highest BCUT2D eigenvalue weighted by Gasteiger charge is 2.52. The molecule has 1 saturated heterocycles. The van der Waals surface area contributed by atoms with Gasteiger partial charge in [0.25, 0.3) is 0 Å². The second-order valence-electron chi connectivity index (χ2n) is 8.80. The third-order valence-electron chi connectivity index (χ3n) is 5.38. The first-order valence-corrected chi connectivity index (χ1v) is 9.12. The Morgan fingerprint density at radius 1 is 1.04 bits per heavy atom. The van der Waals surface area contributed by atoms with Crippen molar-refractivity contribution in [3.8, 4) is 0 Å². The van der Waals surface area contributed by atoms with Crippen molar-refractivity contribution >= 4 is 49.7 Å². The molecule has 2 rings (SSSR count). The molecule has 0 aliphatic carbocycles. The topological polar surface area (TPSA) is 97.3 Å². The Balaban J connectivity index is 0.000000387. The van der Waals surface area contributed by atoms with Gasteiger partial charge in [0.2, 0.25) is 0 Å². The number of hydrogen-bond donors (Lipinski definition) is 3. The number of aliphatic hydroxyl groups is 2. The van der Waals surface area contributed by atoms with E-state index in [1.807, 2.05) is 27.7 Å². The Hall–Kier alpha value is -0.990. The summed E-state index contributed by atoms with van der Waals surface area (Å²) < 4.78 is 15.7. The highest BCUT2D eigenvalue weighted by Crippen LogP contribution is 2.37. The lowest BCUT2D eigenvalue weighted by Crippen LogP contribution is -2.44. The van der Waals surface area contributed by atoms with Crippen LogP contribution in [0.2, 0.25) is 0 Å². The highest BCUT2D eigenvalue weighted by atomic mass is 32.1. The van der Waals surface area contributed by atoms with E-state index >= 15 is 0 Å². The van der Waals surface area contributed by atoms with Gasteiger partial charge in [-0.25, -0.2) is 0 Å². The Bertz CT molecular complexity index is 670. The van der Waals surface area contributed by atoms with E-state index in [-0.39, 0.29) is 0 Å². The lowest BCUT2D eigenvalue weighted by atomic mass is 9.75. The molecule has 1 aromatic carbocycles. The number of nitrogens with zero attached hydrogens (tertiary/aromatic N) is 1. The van der Waals surface area contributed by atoms with E-state index in [4.69, 9.17) is 45.5 Å². The minimum absolute atomic E-state index is 0.363. The van der Waals surface area contributed by atoms with Crippen LogP contribution in [0.1, 0.15) is 55.4 Å². The molecule has 1 aromatic rings. The molecule has 1 aliphatic rings. The van der Waals surface area contributed by atoms with Crippen molar-refractivity contribution in [2.75, 3.05) is 5.73 Å². The van der Waals surface area contributed by atoms with E-state index in [1.165, 1.54) is 0 Å². The smallest absolute Gasteiger partial charge is 0.399 e. The monoisotopic (exact) mass is 392 g/mol. The van der Waals surface area contributed by atoms with E-state index in [1.54, 1.807) is 39.8 Å². The van der Waals surface area contributed by atoms with Crippen LogP contribution >= 0.6 is 0 Å². The van der Waals surface area contributed by atoms with Crippen LogP contribution in [0.15, 0.2) is 16.5 Å². The summed E-state index contributed by atoms with van der Waals surface area (Å²) in [5.74, 6) is 0. The standard InChI is InChI=1S/C12H16B2N2O2S.C6H14O2/c1-11(2)12(3,4)18-14(17-11)8-6-5-7(13)9(15)10(8)16-19;1-5(2,7)6(3,4)8/h5-6H,15H2,1-4H3;7-8H,1-4H3. The van der Waals surface area contributed by atoms with E-state index < -0.39 is 29.5 Å². The molecule has 0 bridgehead atoms. The van der Waals surface area contributed by atoms with Crippen molar-refractivity contribution in [3.05, 3.63) is 12.1 Å². The summed E-state index contributed by atoms with van der Waals surface area (Å²) in [6.07, 6.45) is 0. The Kier molecular flexibility index (Phi) is 6.94. The van der Waals surface area contributed by atoms with Crippen molar-refractivity contribution < 1.29 is 19.5 Å². The summed E-state index contributed by atoms with van der Waals surface area (Å²) in [5, 5.41) is 18.2. The predicted molar refractivity (Wildman–Crippen MR) is 114 cm³/mol. The average Bonchev–Trinajstić information content (AvgIpc) is 2.68. The van der Waals surface area contributed by atoms with E-state index in [2.05, 4.69) is 4.36 Å². The maximum Gasteiger partial charge on any atom is 0.497 e. The first kappa shape index (κ1) is 24.0. The van der Waals surface area contributed by atoms with Gasteiger partial charge in [-0.15, -0.1) is 0 Å². The molecule has 0 aromatic heterocycles. The van der Waals surface area contributed by atoms with Gasteiger partial charge in [0, 0.05) is 17.9 Å². The van der Waals surface area contributed by atoms with Crippen molar-refractivity contribution in [2.45, 2.75) is 77.8 Å². The largest absolute Gasteiger partial charge is 0.497 e. The van der Waals surface area contributed by atoms with Gasteiger partial charge in [-0.3, -0.25) is 0 Å². The van der Waals surface area contributed by atoms with Crippen molar-refractivity contribution in [2.24, 2.45) is 4.36 Å². The lowest BCUT2D eigenvalue weighted by Gasteiger charge is -2.32. The first-order valence-electron chi connectivity index (χ1n) is 8.76. The maximum absolute atomic E-state index is 9.10. The fraction of sp³-hybridized carbons (Fsp3) is 0.667. The van der Waals surface area contributed by atoms with Crippen LogP contribution in [0, 0.1) is 0 Å². The zero-order valence-electron chi connectivity index (χ0n) is 17.5. The molecule has 1 fully saturated rings. The van der Waals surface area contributed by atoms with Crippen LogP contribution in [0.4, 0.5) is 11.4 Å². The predicted octanol–water partition coefficient (Wildman–Crippen LogP) is 1.25. The minimum Gasteiger partial charge on any atom is -0.399 e. The molecule has 148 valence electrons. The summed E-state index contributed by atoms with van der Waals surface area (Å²) >= 11 is 4.78. The Morgan fingerprint density at radius 2 is 1.44 bits per heavy atom. The normalized spacial score (nSPS) is 18.7.